The quantitative estimate of drug-likeness (QED) is 0.780. The van der Waals surface area contributed by atoms with E-state index in [2.05, 4.69) is 0 Å². The number of benzene rings is 1. The van der Waals surface area contributed by atoms with Crippen LogP contribution in [0.3, 0.4) is 0 Å². The van der Waals surface area contributed by atoms with Crippen molar-refractivity contribution in [2.24, 2.45) is 0 Å². The van der Waals surface area contributed by atoms with Crippen LogP contribution in [0.25, 0.3) is 0 Å². The fourth-order valence-corrected chi connectivity index (χ4v) is 4.18. The molecular formula is C15H27N3O2S. The Morgan fingerprint density at radius 3 is 2.29 bits per heavy atom. The van der Waals surface area contributed by atoms with Crippen LogP contribution < -0.4 is 5.73 Å². The van der Waals surface area contributed by atoms with E-state index in [0.29, 0.717) is 18.8 Å². The summed E-state index contributed by atoms with van der Waals surface area (Å²) in [5, 5.41) is 0. The number of nitrogen functional groups attached to an aromatic ring is 1. The van der Waals surface area contributed by atoms with E-state index >= 15 is 0 Å². The Morgan fingerprint density at radius 1 is 1.14 bits per heavy atom. The van der Waals surface area contributed by atoms with E-state index in [-0.39, 0.29) is 4.90 Å². The first-order chi connectivity index (χ1) is 9.71. The molecule has 5 nitrogen and oxygen atoms in total. The van der Waals surface area contributed by atoms with Gasteiger partial charge in [-0.2, -0.15) is 4.31 Å². The molecule has 0 aliphatic carbocycles. The van der Waals surface area contributed by atoms with Gasteiger partial charge in [0.1, 0.15) is 4.90 Å². The lowest BCUT2D eigenvalue weighted by Gasteiger charge is -2.23. The minimum Gasteiger partial charge on any atom is -0.398 e. The zero-order valence-electron chi connectivity index (χ0n) is 13.7. The molecule has 1 aromatic rings. The van der Waals surface area contributed by atoms with E-state index in [1.165, 1.54) is 4.31 Å². The largest absolute Gasteiger partial charge is 0.398 e. The van der Waals surface area contributed by atoms with Crippen LogP contribution in [0.5, 0.6) is 0 Å². The van der Waals surface area contributed by atoms with Gasteiger partial charge in [0.15, 0.2) is 0 Å². The monoisotopic (exact) mass is 313 g/mol. The van der Waals surface area contributed by atoms with Crippen molar-refractivity contribution in [1.82, 2.24) is 9.21 Å². The molecule has 1 rings (SSSR count). The minimum atomic E-state index is -3.54. The fourth-order valence-electron chi connectivity index (χ4n) is 2.29. The summed E-state index contributed by atoms with van der Waals surface area (Å²) >= 11 is 0. The van der Waals surface area contributed by atoms with Crippen LogP contribution >= 0.6 is 0 Å². The highest BCUT2D eigenvalue weighted by molar-refractivity contribution is 7.89. The second-order valence-corrected chi connectivity index (χ2v) is 7.45. The third-order valence-electron chi connectivity index (χ3n) is 3.67. The van der Waals surface area contributed by atoms with Gasteiger partial charge in [0.25, 0.3) is 0 Å². The zero-order valence-corrected chi connectivity index (χ0v) is 14.5. The molecule has 6 heteroatoms. The van der Waals surface area contributed by atoms with Gasteiger partial charge in [-0.1, -0.05) is 13.0 Å². The van der Waals surface area contributed by atoms with Crippen LogP contribution in [0.15, 0.2) is 17.0 Å². The topological polar surface area (TPSA) is 66.6 Å². The number of hydrogen-bond acceptors (Lipinski definition) is 4. The van der Waals surface area contributed by atoms with Gasteiger partial charge in [0.2, 0.25) is 10.0 Å². The third kappa shape index (κ3) is 4.18. The van der Waals surface area contributed by atoms with Gasteiger partial charge in [-0.05, 0) is 58.1 Å². The van der Waals surface area contributed by atoms with E-state index in [1.807, 2.05) is 45.8 Å². The van der Waals surface area contributed by atoms with Crippen molar-refractivity contribution in [2.45, 2.75) is 32.1 Å². The molecule has 0 amide bonds. The first-order valence-corrected chi connectivity index (χ1v) is 8.66. The highest BCUT2D eigenvalue weighted by atomic mass is 32.2. The van der Waals surface area contributed by atoms with Crippen molar-refractivity contribution in [3.63, 3.8) is 0 Å². The number of hydrogen-bond donors (Lipinski definition) is 1. The summed E-state index contributed by atoms with van der Waals surface area (Å²) in [6.45, 7) is 7.37. The minimum absolute atomic E-state index is 0.259. The molecule has 0 saturated heterocycles. The molecular weight excluding hydrogens is 286 g/mol. The van der Waals surface area contributed by atoms with Crippen LogP contribution in [-0.4, -0.2) is 51.4 Å². The van der Waals surface area contributed by atoms with Crippen molar-refractivity contribution in [1.29, 1.82) is 0 Å². The highest BCUT2D eigenvalue weighted by Gasteiger charge is 2.27. The SMILES string of the molecule is CCN(CCCN(C)C)S(=O)(=O)c1c(N)ccc(C)c1C. The molecule has 0 radical (unpaired) electrons. The van der Waals surface area contributed by atoms with E-state index in [4.69, 9.17) is 5.73 Å². The highest BCUT2D eigenvalue weighted by Crippen LogP contribution is 2.28. The molecule has 0 aromatic heterocycles. The number of aryl methyl sites for hydroxylation is 1. The maximum atomic E-state index is 12.9. The molecule has 0 heterocycles. The third-order valence-corrected chi connectivity index (χ3v) is 5.85. The molecule has 0 aliphatic rings. The maximum absolute atomic E-state index is 12.9. The average Bonchev–Trinajstić information content (AvgIpc) is 2.38. The first kappa shape index (κ1) is 17.9. The zero-order chi connectivity index (χ0) is 16.2. The predicted molar refractivity (Wildman–Crippen MR) is 87.9 cm³/mol. The summed E-state index contributed by atoms with van der Waals surface area (Å²) in [4.78, 5) is 2.31. The maximum Gasteiger partial charge on any atom is 0.245 e. The lowest BCUT2D eigenvalue weighted by atomic mass is 10.1. The van der Waals surface area contributed by atoms with E-state index in [1.54, 1.807) is 6.07 Å². The molecule has 0 atom stereocenters. The normalized spacial score (nSPS) is 12.3. The summed E-state index contributed by atoms with van der Waals surface area (Å²) in [6, 6.07) is 3.52. The summed E-state index contributed by atoms with van der Waals surface area (Å²) in [5.74, 6) is 0. The molecule has 120 valence electrons. The van der Waals surface area contributed by atoms with E-state index in [9.17, 15) is 8.42 Å². The number of sulfonamides is 1. The number of rotatable bonds is 7. The Labute approximate surface area is 128 Å². The summed E-state index contributed by atoms with van der Waals surface area (Å²) < 4.78 is 27.2. The van der Waals surface area contributed by atoms with Crippen LogP contribution in [0.2, 0.25) is 0 Å². The second-order valence-electron chi connectivity index (χ2n) is 5.58. The molecule has 0 spiro atoms. The molecule has 0 bridgehead atoms. The summed E-state index contributed by atoms with van der Waals surface area (Å²) in [5.41, 5.74) is 7.93. The Hall–Kier alpha value is -1.11. The Morgan fingerprint density at radius 2 is 1.76 bits per heavy atom. The molecule has 21 heavy (non-hydrogen) atoms. The molecule has 2 N–H and O–H groups in total. The molecule has 0 unspecified atom stereocenters. The Balaban J connectivity index is 3.11. The van der Waals surface area contributed by atoms with Gasteiger partial charge in [0.05, 0.1) is 5.69 Å². The number of nitrogens with zero attached hydrogens (tertiary/aromatic N) is 2. The van der Waals surface area contributed by atoms with Crippen molar-refractivity contribution >= 4 is 15.7 Å². The van der Waals surface area contributed by atoms with Gasteiger partial charge in [-0.15, -0.1) is 0 Å². The van der Waals surface area contributed by atoms with Crippen molar-refractivity contribution in [2.75, 3.05) is 39.5 Å². The predicted octanol–water partition coefficient (Wildman–Crippen LogP) is 1.85. The lowest BCUT2D eigenvalue weighted by Crippen LogP contribution is -2.34. The second kappa shape index (κ2) is 7.24. The van der Waals surface area contributed by atoms with Crippen LogP contribution in [0.1, 0.15) is 24.5 Å². The average molecular weight is 313 g/mol. The summed E-state index contributed by atoms with van der Waals surface area (Å²) in [6.07, 6.45) is 0.796. The van der Waals surface area contributed by atoms with Gasteiger partial charge >= 0.3 is 0 Å². The van der Waals surface area contributed by atoms with Gasteiger partial charge < -0.3 is 10.6 Å². The van der Waals surface area contributed by atoms with Gasteiger partial charge in [-0.3, -0.25) is 0 Å². The van der Waals surface area contributed by atoms with E-state index < -0.39 is 10.0 Å². The number of anilines is 1. The van der Waals surface area contributed by atoms with E-state index in [0.717, 1.165) is 24.1 Å². The summed E-state index contributed by atoms with van der Waals surface area (Å²) in [7, 11) is 0.416. The number of nitrogens with two attached hydrogens (primary N) is 1. The van der Waals surface area contributed by atoms with Gasteiger partial charge in [0, 0.05) is 13.1 Å². The van der Waals surface area contributed by atoms with Crippen LogP contribution in [0, 0.1) is 13.8 Å². The smallest absolute Gasteiger partial charge is 0.245 e. The Kier molecular flexibility index (Phi) is 6.19. The van der Waals surface area contributed by atoms with Crippen molar-refractivity contribution < 1.29 is 8.42 Å². The standard InChI is InChI=1S/C15H27N3O2S/c1-6-18(11-7-10-17(4)5)21(19,20)15-13(3)12(2)8-9-14(15)16/h8-9H,6-7,10-11,16H2,1-5H3. The molecule has 1 aromatic carbocycles. The van der Waals surface area contributed by atoms with Crippen LogP contribution in [-0.2, 0) is 10.0 Å². The van der Waals surface area contributed by atoms with Gasteiger partial charge in [-0.25, -0.2) is 8.42 Å². The van der Waals surface area contributed by atoms with Crippen molar-refractivity contribution in [3.8, 4) is 0 Å². The first-order valence-electron chi connectivity index (χ1n) is 7.22. The fraction of sp³-hybridized carbons (Fsp3) is 0.600. The van der Waals surface area contributed by atoms with Crippen molar-refractivity contribution in [3.05, 3.63) is 23.3 Å². The van der Waals surface area contributed by atoms with Crippen LogP contribution in [0.4, 0.5) is 5.69 Å². The molecule has 0 saturated carbocycles. The molecule has 0 fully saturated rings. The lowest BCUT2D eigenvalue weighted by molar-refractivity contribution is 0.356. The Bertz CT molecular complexity index is 583. The molecule has 0 aliphatic heterocycles.